The number of nitrogens with zero attached hydrogens (tertiary/aromatic N) is 2. The van der Waals surface area contributed by atoms with Crippen LogP contribution in [0.3, 0.4) is 0 Å². The average Bonchev–Trinajstić information content (AvgIpc) is 2.70. The second-order valence-corrected chi connectivity index (χ2v) is 7.22. The Morgan fingerprint density at radius 1 is 1.56 bits per heavy atom. The fourth-order valence-corrected chi connectivity index (χ4v) is 3.26. The highest BCUT2D eigenvalue weighted by molar-refractivity contribution is 9.11. The van der Waals surface area contributed by atoms with E-state index in [4.69, 9.17) is 10.9 Å². The zero-order chi connectivity index (χ0) is 13.5. The first-order chi connectivity index (χ1) is 8.51. The van der Waals surface area contributed by atoms with Gasteiger partial charge in [0.1, 0.15) is 5.84 Å². The molecule has 3 N–H and O–H groups in total. The van der Waals surface area contributed by atoms with Gasteiger partial charge in [-0.1, -0.05) is 19.0 Å². The van der Waals surface area contributed by atoms with E-state index in [0.29, 0.717) is 12.3 Å². The summed E-state index contributed by atoms with van der Waals surface area (Å²) in [6.45, 7) is 7.12. The Kier molecular flexibility index (Phi) is 6.67. The van der Waals surface area contributed by atoms with Crippen LogP contribution in [0.2, 0.25) is 0 Å². The van der Waals surface area contributed by atoms with Crippen molar-refractivity contribution in [3.8, 4) is 0 Å². The molecule has 0 saturated carbocycles. The average molecular weight is 334 g/mol. The molecule has 0 spiro atoms. The quantitative estimate of drug-likeness (QED) is 0.349. The number of halogens is 1. The molecule has 0 aromatic carbocycles. The lowest BCUT2D eigenvalue weighted by Gasteiger charge is -2.23. The van der Waals surface area contributed by atoms with Gasteiger partial charge in [-0.25, -0.2) is 0 Å². The predicted octanol–water partition coefficient (Wildman–Crippen LogP) is 3.11. The summed E-state index contributed by atoms with van der Waals surface area (Å²) in [5.41, 5.74) is 5.52. The molecule has 0 aliphatic heterocycles. The molecule has 4 nitrogen and oxygen atoms in total. The first kappa shape index (κ1) is 15.5. The van der Waals surface area contributed by atoms with Crippen LogP contribution >= 0.6 is 27.3 Å². The van der Waals surface area contributed by atoms with E-state index in [1.807, 2.05) is 0 Å². The molecule has 1 heterocycles. The number of amidine groups is 1. The fraction of sp³-hybridized carbons (Fsp3) is 0.583. The van der Waals surface area contributed by atoms with Gasteiger partial charge in [0.15, 0.2) is 0 Å². The van der Waals surface area contributed by atoms with Crippen LogP contribution in [0.25, 0.3) is 0 Å². The number of thiophene rings is 1. The monoisotopic (exact) mass is 333 g/mol. The van der Waals surface area contributed by atoms with Crippen LogP contribution < -0.4 is 5.73 Å². The summed E-state index contributed by atoms with van der Waals surface area (Å²) in [6, 6.07) is 4.20. The van der Waals surface area contributed by atoms with Crippen LogP contribution in [0.4, 0.5) is 0 Å². The molecule has 0 unspecified atom stereocenters. The van der Waals surface area contributed by atoms with Crippen molar-refractivity contribution in [2.24, 2.45) is 16.8 Å². The second-order valence-electron chi connectivity index (χ2n) is 4.68. The molecule has 1 aromatic rings. The summed E-state index contributed by atoms with van der Waals surface area (Å²) in [5.74, 6) is 0.886. The zero-order valence-corrected chi connectivity index (χ0v) is 13.2. The SMILES string of the molecule is CC(C)CN(CCC(N)=NO)Cc1ccc(Br)s1. The second kappa shape index (κ2) is 7.76. The van der Waals surface area contributed by atoms with Crippen molar-refractivity contribution in [1.82, 2.24) is 4.90 Å². The van der Waals surface area contributed by atoms with E-state index in [-0.39, 0.29) is 5.84 Å². The molecule has 18 heavy (non-hydrogen) atoms. The van der Waals surface area contributed by atoms with E-state index < -0.39 is 0 Å². The summed E-state index contributed by atoms with van der Waals surface area (Å²) >= 11 is 5.22. The molecule has 0 bridgehead atoms. The highest BCUT2D eigenvalue weighted by Gasteiger charge is 2.10. The lowest BCUT2D eigenvalue weighted by molar-refractivity contribution is 0.242. The summed E-state index contributed by atoms with van der Waals surface area (Å²) in [7, 11) is 0. The molecule has 0 aliphatic rings. The zero-order valence-electron chi connectivity index (χ0n) is 10.8. The number of nitrogens with two attached hydrogens (primary N) is 1. The first-order valence-corrected chi connectivity index (χ1v) is 7.55. The van der Waals surface area contributed by atoms with Crippen LogP contribution in [0, 0.1) is 5.92 Å². The number of hydrogen-bond acceptors (Lipinski definition) is 4. The summed E-state index contributed by atoms with van der Waals surface area (Å²) in [6.07, 6.45) is 0.593. The van der Waals surface area contributed by atoms with Gasteiger partial charge in [0.2, 0.25) is 0 Å². The normalized spacial score (nSPS) is 12.6. The van der Waals surface area contributed by atoms with E-state index in [9.17, 15) is 0 Å². The van der Waals surface area contributed by atoms with Crippen molar-refractivity contribution in [3.05, 3.63) is 20.8 Å². The largest absolute Gasteiger partial charge is 0.409 e. The van der Waals surface area contributed by atoms with E-state index in [2.05, 4.69) is 52.0 Å². The van der Waals surface area contributed by atoms with Crippen molar-refractivity contribution < 1.29 is 5.21 Å². The minimum absolute atomic E-state index is 0.288. The topological polar surface area (TPSA) is 61.8 Å². The summed E-state index contributed by atoms with van der Waals surface area (Å²) < 4.78 is 1.15. The number of hydrogen-bond donors (Lipinski definition) is 2. The van der Waals surface area contributed by atoms with Gasteiger partial charge < -0.3 is 10.9 Å². The smallest absolute Gasteiger partial charge is 0.140 e. The maximum atomic E-state index is 8.56. The Balaban J connectivity index is 2.55. The van der Waals surface area contributed by atoms with E-state index in [0.717, 1.165) is 23.4 Å². The van der Waals surface area contributed by atoms with Gasteiger partial charge >= 0.3 is 0 Å². The third kappa shape index (κ3) is 5.84. The molecule has 1 aromatic heterocycles. The van der Waals surface area contributed by atoms with Gasteiger partial charge in [-0.3, -0.25) is 4.90 Å². The van der Waals surface area contributed by atoms with E-state index >= 15 is 0 Å². The van der Waals surface area contributed by atoms with Crippen molar-refractivity contribution in [2.75, 3.05) is 13.1 Å². The van der Waals surface area contributed by atoms with Crippen molar-refractivity contribution in [3.63, 3.8) is 0 Å². The third-order valence-electron chi connectivity index (χ3n) is 2.44. The first-order valence-electron chi connectivity index (χ1n) is 5.94. The Hall–Kier alpha value is -0.590. The van der Waals surface area contributed by atoms with Crippen LogP contribution in [0.1, 0.15) is 25.1 Å². The highest BCUT2D eigenvalue weighted by atomic mass is 79.9. The van der Waals surface area contributed by atoms with Crippen LogP contribution in [-0.2, 0) is 6.54 Å². The minimum Gasteiger partial charge on any atom is -0.409 e. The van der Waals surface area contributed by atoms with Crippen LogP contribution in [0.15, 0.2) is 21.1 Å². The molecular weight excluding hydrogens is 314 g/mol. The maximum absolute atomic E-state index is 8.56. The molecule has 0 atom stereocenters. The number of rotatable bonds is 7. The Bertz CT molecular complexity index is 392. The van der Waals surface area contributed by atoms with E-state index in [1.165, 1.54) is 4.88 Å². The fourth-order valence-electron chi connectivity index (χ4n) is 1.73. The lowest BCUT2D eigenvalue weighted by Crippen LogP contribution is -2.30. The van der Waals surface area contributed by atoms with Gasteiger partial charge in [0.25, 0.3) is 0 Å². The molecule has 0 saturated heterocycles. The maximum Gasteiger partial charge on any atom is 0.140 e. The Morgan fingerprint density at radius 2 is 2.28 bits per heavy atom. The number of oxime groups is 1. The Labute approximate surface area is 121 Å². The van der Waals surface area contributed by atoms with Crippen LogP contribution in [0.5, 0.6) is 0 Å². The molecule has 0 radical (unpaired) electrons. The molecule has 6 heteroatoms. The molecule has 102 valence electrons. The Morgan fingerprint density at radius 3 is 2.78 bits per heavy atom. The third-order valence-corrected chi connectivity index (χ3v) is 4.05. The van der Waals surface area contributed by atoms with Gasteiger partial charge in [0, 0.05) is 30.9 Å². The molecule has 0 amide bonds. The summed E-state index contributed by atoms with van der Waals surface area (Å²) in [4.78, 5) is 3.66. The van der Waals surface area contributed by atoms with Gasteiger partial charge in [-0.15, -0.1) is 11.3 Å². The van der Waals surface area contributed by atoms with E-state index in [1.54, 1.807) is 11.3 Å². The van der Waals surface area contributed by atoms with Crippen molar-refractivity contribution in [2.45, 2.75) is 26.8 Å². The molecule has 0 aliphatic carbocycles. The predicted molar refractivity (Wildman–Crippen MR) is 80.2 cm³/mol. The minimum atomic E-state index is 0.288. The van der Waals surface area contributed by atoms with Gasteiger partial charge in [0.05, 0.1) is 3.79 Å². The van der Waals surface area contributed by atoms with Gasteiger partial charge in [-0.2, -0.15) is 0 Å². The van der Waals surface area contributed by atoms with Crippen molar-refractivity contribution in [1.29, 1.82) is 0 Å². The lowest BCUT2D eigenvalue weighted by atomic mass is 10.2. The van der Waals surface area contributed by atoms with Crippen LogP contribution in [-0.4, -0.2) is 29.0 Å². The molecular formula is C12H20BrN3OS. The molecule has 1 rings (SSSR count). The van der Waals surface area contributed by atoms with Crippen molar-refractivity contribution >= 4 is 33.1 Å². The standard InChI is InChI=1S/C12H20BrN3OS/c1-9(2)7-16(6-5-12(14)15-17)8-10-3-4-11(13)18-10/h3-4,9,17H,5-8H2,1-2H3,(H2,14,15). The molecule has 0 fully saturated rings. The summed E-state index contributed by atoms with van der Waals surface area (Å²) in [5, 5.41) is 11.6. The highest BCUT2D eigenvalue weighted by Crippen LogP contribution is 2.23. The van der Waals surface area contributed by atoms with Gasteiger partial charge in [-0.05, 0) is 34.0 Å².